The van der Waals surface area contributed by atoms with Crippen molar-refractivity contribution in [1.82, 2.24) is 15.5 Å². The van der Waals surface area contributed by atoms with Crippen LogP contribution in [0.5, 0.6) is 17.2 Å². The van der Waals surface area contributed by atoms with Gasteiger partial charge in [0.15, 0.2) is 11.5 Å². The maximum Gasteiger partial charge on any atom is 0.277 e. The minimum atomic E-state index is -0.389. The summed E-state index contributed by atoms with van der Waals surface area (Å²) >= 11 is 1.11. The first-order chi connectivity index (χ1) is 16.3. The van der Waals surface area contributed by atoms with Gasteiger partial charge in [0, 0.05) is 11.3 Å². The lowest BCUT2D eigenvalue weighted by molar-refractivity contribution is -0.113. The molecule has 11 heteroatoms. The number of thioether (sulfide) groups is 1. The van der Waals surface area contributed by atoms with Gasteiger partial charge < -0.3 is 29.3 Å². The molecule has 0 unspecified atom stereocenters. The van der Waals surface area contributed by atoms with Gasteiger partial charge in [-0.25, -0.2) is 0 Å². The number of anilines is 1. The van der Waals surface area contributed by atoms with Crippen LogP contribution in [-0.4, -0.2) is 49.1 Å². The van der Waals surface area contributed by atoms with E-state index in [9.17, 15) is 9.59 Å². The van der Waals surface area contributed by atoms with E-state index in [0.29, 0.717) is 22.8 Å². The van der Waals surface area contributed by atoms with E-state index in [0.717, 1.165) is 28.6 Å². The summed E-state index contributed by atoms with van der Waals surface area (Å²) in [4.78, 5) is 24.9. The van der Waals surface area contributed by atoms with Crippen LogP contribution < -0.4 is 24.8 Å². The fourth-order valence-corrected chi connectivity index (χ4v) is 3.60. The highest BCUT2D eigenvalue weighted by Gasteiger charge is 2.18. The first-order valence-corrected chi connectivity index (χ1v) is 11.2. The van der Waals surface area contributed by atoms with Gasteiger partial charge in [0.05, 0.1) is 33.6 Å². The molecule has 10 nitrogen and oxygen atoms in total. The highest BCUT2D eigenvalue weighted by atomic mass is 32.2. The molecule has 0 atom stereocenters. The van der Waals surface area contributed by atoms with E-state index in [1.807, 2.05) is 32.0 Å². The highest BCUT2D eigenvalue weighted by Crippen LogP contribution is 2.38. The topological polar surface area (TPSA) is 125 Å². The van der Waals surface area contributed by atoms with Crippen molar-refractivity contribution in [2.24, 2.45) is 0 Å². The van der Waals surface area contributed by atoms with Crippen LogP contribution in [0.25, 0.3) is 0 Å². The lowest BCUT2D eigenvalue weighted by Gasteiger charge is -2.13. The molecule has 0 spiro atoms. The summed E-state index contributed by atoms with van der Waals surface area (Å²) in [5.74, 6) is 0.853. The maximum atomic E-state index is 12.6. The number of benzene rings is 2. The van der Waals surface area contributed by atoms with Gasteiger partial charge in [0.1, 0.15) is 0 Å². The zero-order chi connectivity index (χ0) is 24.7. The second-order valence-electron chi connectivity index (χ2n) is 7.21. The van der Waals surface area contributed by atoms with Crippen LogP contribution in [0.4, 0.5) is 5.69 Å². The third-order valence-corrected chi connectivity index (χ3v) is 5.59. The van der Waals surface area contributed by atoms with Crippen molar-refractivity contribution in [1.29, 1.82) is 0 Å². The summed E-state index contributed by atoms with van der Waals surface area (Å²) in [6.07, 6.45) is 0. The lowest BCUT2D eigenvalue weighted by atomic mass is 10.1. The van der Waals surface area contributed by atoms with E-state index in [2.05, 4.69) is 20.8 Å². The van der Waals surface area contributed by atoms with Crippen LogP contribution in [0.2, 0.25) is 0 Å². The average molecular weight is 487 g/mol. The first-order valence-electron chi connectivity index (χ1n) is 10.2. The van der Waals surface area contributed by atoms with Crippen LogP contribution >= 0.6 is 11.8 Å². The second-order valence-corrected chi connectivity index (χ2v) is 8.14. The van der Waals surface area contributed by atoms with Gasteiger partial charge >= 0.3 is 0 Å². The Hall–Kier alpha value is -3.73. The number of methoxy groups -OCH3 is 3. The van der Waals surface area contributed by atoms with Crippen LogP contribution in [-0.2, 0) is 11.3 Å². The molecule has 0 aliphatic heterocycles. The van der Waals surface area contributed by atoms with Gasteiger partial charge in [-0.05, 0) is 43.2 Å². The number of aromatic nitrogens is 2. The monoisotopic (exact) mass is 486 g/mol. The van der Waals surface area contributed by atoms with Gasteiger partial charge in [-0.2, -0.15) is 0 Å². The molecule has 0 fully saturated rings. The third-order valence-electron chi connectivity index (χ3n) is 4.77. The number of amides is 2. The van der Waals surface area contributed by atoms with Gasteiger partial charge in [0.2, 0.25) is 17.5 Å². The molecule has 0 bridgehead atoms. The molecule has 0 saturated heterocycles. The minimum Gasteiger partial charge on any atom is -0.493 e. The third kappa shape index (κ3) is 6.19. The second kappa shape index (κ2) is 11.4. The summed E-state index contributed by atoms with van der Waals surface area (Å²) in [6, 6.07) is 8.94. The highest BCUT2D eigenvalue weighted by molar-refractivity contribution is 7.99. The normalized spacial score (nSPS) is 10.5. The van der Waals surface area contributed by atoms with Gasteiger partial charge in [-0.1, -0.05) is 23.9 Å². The molecule has 0 aliphatic carbocycles. The molecule has 2 amide bonds. The summed E-state index contributed by atoms with van der Waals surface area (Å²) in [5.41, 5.74) is 3.12. The molecular weight excluding hydrogens is 460 g/mol. The van der Waals surface area contributed by atoms with E-state index >= 15 is 0 Å². The molecule has 1 heterocycles. The molecule has 0 aliphatic rings. The van der Waals surface area contributed by atoms with Gasteiger partial charge in [0.25, 0.3) is 11.1 Å². The van der Waals surface area contributed by atoms with Crippen LogP contribution in [0.1, 0.15) is 27.4 Å². The van der Waals surface area contributed by atoms with Crippen molar-refractivity contribution in [2.75, 3.05) is 32.4 Å². The maximum absolute atomic E-state index is 12.6. The number of nitrogens with one attached hydrogen (secondary N) is 2. The summed E-state index contributed by atoms with van der Waals surface area (Å²) in [5, 5.41) is 13.6. The molecule has 3 aromatic rings. The molecule has 0 saturated carbocycles. The fraction of sp³-hybridized carbons (Fsp3) is 0.304. The number of ether oxygens (including phenoxy) is 3. The largest absolute Gasteiger partial charge is 0.493 e. The van der Waals surface area contributed by atoms with Crippen molar-refractivity contribution < 1.29 is 28.2 Å². The fourth-order valence-electron chi connectivity index (χ4n) is 3.02. The number of aryl methyl sites for hydroxylation is 2. The van der Waals surface area contributed by atoms with Crippen molar-refractivity contribution in [3.63, 3.8) is 0 Å². The lowest BCUT2D eigenvalue weighted by Crippen LogP contribution is -2.23. The smallest absolute Gasteiger partial charge is 0.277 e. The Labute approximate surface area is 201 Å². The number of nitrogens with zero attached hydrogens (tertiary/aromatic N) is 2. The van der Waals surface area contributed by atoms with Crippen LogP contribution in [0, 0.1) is 13.8 Å². The number of hydrogen-bond donors (Lipinski definition) is 2. The van der Waals surface area contributed by atoms with E-state index in [4.69, 9.17) is 18.6 Å². The van der Waals surface area contributed by atoms with Crippen molar-refractivity contribution in [3.05, 3.63) is 52.9 Å². The predicted molar refractivity (Wildman–Crippen MR) is 127 cm³/mol. The van der Waals surface area contributed by atoms with Crippen molar-refractivity contribution in [2.45, 2.75) is 25.6 Å². The van der Waals surface area contributed by atoms with Gasteiger partial charge in [-0.3, -0.25) is 9.59 Å². The molecule has 0 radical (unpaired) electrons. The molecular formula is C23H26N4O6S. The molecule has 180 valence electrons. The van der Waals surface area contributed by atoms with Gasteiger partial charge in [-0.15, -0.1) is 10.2 Å². The van der Waals surface area contributed by atoms with Crippen LogP contribution in [0.3, 0.4) is 0 Å². The summed E-state index contributed by atoms with van der Waals surface area (Å²) in [7, 11) is 4.43. The van der Waals surface area contributed by atoms with E-state index in [1.54, 1.807) is 12.1 Å². The van der Waals surface area contributed by atoms with E-state index in [-0.39, 0.29) is 35.2 Å². The minimum absolute atomic E-state index is 0.0116. The number of rotatable bonds is 10. The molecule has 2 N–H and O–H groups in total. The number of hydrogen-bond acceptors (Lipinski definition) is 9. The Bertz CT molecular complexity index is 1160. The Kier molecular flexibility index (Phi) is 8.36. The summed E-state index contributed by atoms with van der Waals surface area (Å²) in [6.45, 7) is 3.90. The van der Waals surface area contributed by atoms with E-state index in [1.165, 1.54) is 21.3 Å². The molecule has 2 aromatic carbocycles. The quantitative estimate of drug-likeness (QED) is 0.415. The molecule has 1 aromatic heterocycles. The number of carbonyl (C=O) groups excluding carboxylic acids is 2. The van der Waals surface area contributed by atoms with Crippen LogP contribution in [0.15, 0.2) is 40.0 Å². The standard InChI is InChI=1S/C23H26N4O6S/c1-13-6-7-14(2)16(8-13)25-19(28)12-34-23-27-26-20(33-23)11-24-22(29)15-9-17(30-3)21(32-5)18(10-15)31-4/h6-10H,11-12H2,1-5H3,(H,24,29)(H,25,28). The number of carbonyl (C=O) groups is 2. The Morgan fingerprint density at radius 3 is 2.35 bits per heavy atom. The van der Waals surface area contributed by atoms with E-state index < -0.39 is 0 Å². The first kappa shape index (κ1) is 24.9. The zero-order valence-corrected chi connectivity index (χ0v) is 20.4. The zero-order valence-electron chi connectivity index (χ0n) is 19.6. The predicted octanol–water partition coefficient (Wildman–Crippen LogP) is 3.37. The van der Waals surface area contributed by atoms with Crippen molar-refractivity contribution >= 4 is 29.3 Å². The SMILES string of the molecule is COc1cc(C(=O)NCc2nnc(SCC(=O)Nc3cc(C)ccc3C)o2)cc(OC)c1OC. The average Bonchev–Trinajstić information content (AvgIpc) is 3.30. The Morgan fingerprint density at radius 2 is 1.71 bits per heavy atom. The molecule has 34 heavy (non-hydrogen) atoms. The summed E-state index contributed by atoms with van der Waals surface area (Å²) < 4.78 is 21.3. The molecule has 3 rings (SSSR count). The Balaban J connectivity index is 1.54. The Morgan fingerprint density at radius 1 is 1.00 bits per heavy atom. The van der Waals surface area contributed by atoms with Crippen molar-refractivity contribution in [3.8, 4) is 17.2 Å².